The lowest BCUT2D eigenvalue weighted by molar-refractivity contribution is 0.0594. The Morgan fingerprint density at radius 1 is 1.03 bits per heavy atom. The number of benzene rings is 2. The Morgan fingerprint density at radius 2 is 1.84 bits per heavy atom. The van der Waals surface area contributed by atoms with E-state index in [0.717, 1.165) is 5.56 Å². The lowest BCUT2D eigenvalue weighted by atomic mass is 10.2. The molecule has 0 N–H and O–H groups in total. The predicted molar refractivity (Wildman–Crippen MR) is 117 cm³/mol. The van der Waals surface area contributed by atoms with Crippen molar-refractivity contribution in [1.29, 1.82) is 0 Å². The molecule has 2 aromatic carbocycles. The molecule has 2 heterocycles. The van der Waals surface area contributed by atoms with Crippen molar-refractivity contribution in [2.24, 2.45) is 0 Å². The smallest absolute Gasteiger partial charge is 0.289 e. The van der Waals surface area contributed by atoms with E-state index in [-0.39, 0.29) is 18.3 Å². The highest BCUT2D eigenvalue weighted by Gasteiger charge is 2.24. The van der Waals surface area contributed by atoms with E-state index in [2.05, 4.69) is 4.90 Å². The summed E-state index contributed by atoms with van der Waals surface area (Å²) in [7, 11) is 0. The summed E-state index contributed by atoms with van der Waals surface area (Å²) in [6, 6.07) is 14.9. The largest absolute Gasteiger partial charge is 0.486 e. The average molecular weight is 463 g/mol. The van der Waals surface area contributed by atoms with Crippen molar-refractivity contribution in [1.82, 2.24) is 9.80 Å². The Bertz CT molecular complexity index is 1060. The maximum Gasteiger partial charge on any atom is 0.289 e. The second kappa shape index (κ2) is 9.73. The number of nitrogens with zero attached hydrogens (tertiary/aromatic N) is 2. The van der Waals surface area contributed by atoms with Gasteiger partial charge in [0.05, 0.1) is 0 Å². The first kappa shape index (κ1) is 21.7. The zero-order valence-electron chi connectivity index (χ0n) is 16.7. The first-order valence-corrected chi connectivity index (χ1v) is 10.7. The standard InChI is InChI=1S/C23H21Cl2FN2O3/c24-17-2-1-3-19(12-17)30-15-20-6-7-22(31-20)23(29)28-10-8-27(9-11-28)14-16-4-5-18(26)13-21(16)25/h1-7,12-13H,8-11,14-15H2. The van der Waals surface area contributed by atoms with Crippen LogP contribution < -0.4 is 4.74 Å². The van der Waals surface area contributed by atoms with Crippen LogP contribution in [-0.4, -0.2) is 41.9 Å². The van der Waals surface area contributed by atoms with Crippen LogP contribution in [0.1, 0.15) is 21.9 Å². The van der Waals surface area contributed by atoms with Crippen molar-refractivity contribution in [3.63, 3.8) is 0 Å². The summed E-state index contributed by atoms with van der Waals surface area (Å²) in [6.07, 6.45) is 0. The molecule has 0 atom stereocenters. The van der Waals surface area contributed by atoms with Gasteiger partial charge in [0.25, 0.3) is 5.91 Å². The van der Waals surface area contributed by atoms with Gasteiger partial charge < -0.3 is 14.1 Å². The Labute approximate surface area is 189 Å². The third kappa shape index (κ3) is 5.58. The van der Waals surface area contributed by atoms with Crippen molar-refractivity contribution >= 4 is 29.1 Å². The monoisotopic (exact) mass is 462 g/mol. The summed E-state index contributed by atoms with van der Waals surface area (Å²) in [6.45, 7) is 3.38. The van der Waals surface area contributed by atoms with Gasteiger partial charge in [0, 0.05) is 42.8 Å². The van der Waals surface area contributed by atoms with E-state index in [9.17, 15) is 9.18 Å². The van der Waals surface area contributed by atoms with E-state index >= 15 is 0 Å². The summed E-state index contributed by atoms with van der Waals surface area (Å²) in [4.78, 5) is 16.7. The number of amides is 1. The minimum Gasteiger partial charge on any atom is -0.486 e. The van der Waals surface area contributed by atoms with E-state index in [0.29, 0.717) is 60.0 Å². The molecule has 1 amide bonds. The molecule has 1 aliphatic heterocycles. The fraction of sp³-hybridized carbons (Fsp3) is 0.261. The molecule has 0 spiro atoms. The third-order valence-corrected chi connectivity index (χ3v) is 5.71. The average Bonchev–Trinajstić information content (AvgIpc) is 3.23. The molecule has 0 radical (unpaired) electrons. The number of carbonyl (C=O) groups is 1. The summed E-state index contributed by atoms with van der Waals surface area (Å²) in [5, 5.41) is 1.01. The number of hydrogen-bond acceptors (Lipinski definition) is 4. The molecule has 0 unspecified atom stereocenters. The highest BCUT2D eigenvalue weighted by atomic mass is 35.5. The maximum absolute atomic E-state index is 13.2. The van der Waals surface area contributed by atoms with Gasteiger partial charge in [0.15, 0.2) is 5.76 Å². The van der Waals surface area contributed by atoms with Crippen molar-refractivity contribution in [3.8, 4) is 5.75 Å². The molecule has 1 saturated heterocycles. The van der Waals surface area contributed by atoms with Crippen LogP contribution in [0.3, 0.4) is 0 Å². The molecule has 3 aromatic rings. The first-order chi connectivity index (χ1) is 15.0. The number of rotatable bonds is 6. The Morgan fingerprint density at radius 3 is 2.58 bits per heavy atom. The van der Waals surface area contributed by atoms with Gasteiger partial charge in [-0.15, -0.1) is 0 Å². The summed E-state index contributed by atoms with van der Waals surface area (Å²) in [5.74, 6) is 0.996. The summed E-state index contributed by atoms with van der Waals surface area (Å²) in [5.41, 5.74) is 0.873. The van der Waals surface area contributed by atoms with Gasteiger partial charge in [0.2, 0.25) is 0 Å². The quantitative estimate of drug-likeness (QED) is 0.500. The van der Waals surface area contributed by atoms with E-state index in [1.165, 1.54) is 12.1 Å². The van der Waals surface area contributed by atoms with Crippen molar-refractivity contribution in [2.45, 2.75) is 13.2 Å². The molecule has 1 aliphatic rings. The molecule has 4 rings (SSSR count). The van der Waals surface area contributed by atoms with Gasteiger partial charge in [-0.1, -0.05) is 35.3 Å². The predicted octanol–water partition coefficient (Wildman–Crippen LogP) is 5.26. The molecule has 31 heavy (non-hydrogen) atoms. The second-order valence-electron chi connectivity index (χ2n) is 7.32. The van der Waals surface area contributed by atoms with E-state index in [1.807, 2.05) is 0 Å². The third-order valence-electron chi connectivity index (χ3n) is 5.12. The van der Waals surface area contributed by atoms with Crippen LogP contribution in [0.2, 0.25) is 10.0 Å². The molecule has 8 heteroatoms. The van der Waals surface area contributed by atoms with Crippen LogP contribution in [-0.2, 0) is 13.2 Å². The van der Waals surface area contributed by atoms with Crippen LogP contribution in [0.4, 0.5) is 4.39 Å². The topological polar surface area (TPSA) is 45.9 Å². The maximum atomic E-state index is 13.2. The van der Waals surface area contributed by atoms with Gasteiger partial charge in [-0.2, -0.15) is 0 Å². The Kier molecular flexibility index (Phi) is 6.80. The molecule has 0 bridgehead atoms. The van der Waals surface area contributed by atoms with Crippen LogP contribution >= 0.6 is 23.2 Å². The normalized spacial score (nSPS) is 14.6. The fourth-order valence-electron chi connectivity index (χ4n) is 3.44. The van der Waals surface area contributed by atoms with E-state index in [1.54, 1.807) is 47.4 Å². The Balaban J connectivity index is 1.28. The molecular weight excluding hydrogens is 442 g/mol. The number of ether oxygens (including phenoxy) is 1. The number of furan rings is 1. The molecule has 0 aliphatic carbocycles. The van der Waals surface area contributed by atoms with Crippen molar-refractivity contribution in [3.05, 3.63) is 87.5 Å². The van der Waals surface area contributed by atoms with E-state index in [4.69, 9.17) is 32.4 Å². The minimum atomic E-state index is -0.347. The lowest BCUT2D eigenvalue weighted by Gasteiger charge is -2.34. The molecule has 1 fully saturated rings. The van der Waals surface area contributed by atoms with E-state index < -0.39 is 0 Å². The Hall–Kier alpha value is -2.54. The summed E-state index contributed by atoms with van der Waals surface area (Å²) >= 11 is 12.1. The van der Waals surface area contributed by atoms with Gasteiger partial charge in [-0.25, -0.2) is 4.39 Å². The second-order valence-corrected chi connectivity index (χ2v) is 8.16. The first-order valence-electron chi connectivity index (χ1n) is 9.90. The van der Waals surface area contributed by atoms with Crippen LogP contribution in [0, 0.1) is 5.82 Å². The minimum absolute atomic E-state index is 0.145. The van der Waals surface area contributed by atoms with Gasteiger partial charge >= 0.3 is 0 Å². The van der Waals surface area contributed by atoms with Crippen molar-refractivity contribution in [2.75, 3.05) is 26.2 Å². The molecular formula is C23H21Cl2FN2O3. The van der Waals surface area contributed by atoms with Gasteiger partial charge in [0.1, 0.15) is 23.9 Å². The zero-order chi connectivity index (χ0) is 21.8. The van der Waals surface area contributed by atoms with Gasteiger partial charge in [-0.05, 0) is 48.0 Å². The highest BCUT2D eigenvalue weighted by Crippen LogP contribution is 2.21. The van der Waals surface area contributed by atoms with Gasteiger partial charge in [-0.3, -0.25) is 9.69 Å². The molecule has 0 saturated carbocycles. The molecule has 5 nitrogen and oxygen atoms in total. The lowest BCUT2D eigenvalue weighted by Crippen LogP contribution is -2.48. The number of piperazine rings is 1. The van der Waals surface area contributed by atoms with Crippen molar-refractivity contribution < 1.29 is 18.3 Å². The fourth-order valence-corrected chi connectivity index (χ4v) is 3.84. The van der Waals surface area contributed by atoms with Crippen LogP contribution in [0.25, 0.3) is 0 Å². The highest BCUT2D eigenvalue weighted by molar-refractivity contribution is 6.31. The van der Waals surface area contributed by atoms with Crippen LogP contribution in [0.15, 0.2) is 59.0 Å². The number of hydrogen-bond donors (Lipinski definition) is 0. The summed E-state index contributed by atoms with van der Waals surface area (Å²) < 4.78 is 24.6. The number of halogens is 3. The molecule has 1 aromatic heterocycles. The molecule has 162 valence electrons. The SMILES string of the molecule is O=C(c1ccc(COc2cccc(Cl)c2)o1)N1CCN(Cc2ccc(F)cc2Cl)CC1. The number of carbonyl (C=O) groups excluding carboxylic acids is 1. The van der Waals surface area contributed by atoms with Crippen LogP contribution in [0.5, 0.6) is 5.75 Å². The zero-order valence-corrected chi connectivity index (χ0v) is 18.2.